The van der Waals surface area contributed by atoms with Crippen molar-refractivity contribution in [3.05, 3.63) is 89.9 Å². The van der Waals surface area contributed by atoms with Gasteiger partial charge in [0.25, 0.3) is 16.8 Å². The Morgan fingerprint density at radius 1 is 1.03 bits per heavy atom. The van der Waals surface area contributed by atoms with Gasteiger partial charge in [-0.2, -0.15) is 0 Å². The quantitative estimate of drug-likeness (QED) is 0.208. The van der Waals surface area contributed by atoms with Gasteiger partial charge in [0.1, 0.15) is 11.5 Å². The number of nitrogens with zero attached hydrogens (tertiary/aromatic N) is 2. The Hall–Kier alpha value is -2.78. The molecule has 0 aliphatic carbocycles. The van der Waals surface area contributed by atoms with E-state index in [9.17, 15) is 19.7 Å². The van der Waals surface area contributed by atoms with Crippen LogP contribution in [0.15, 0.2) is 57.9 Å². The highest BCUT2D eigenvalue weighted by Crippen LogP contribution is 2.37. The molecule has 2 heterocycles. The highest BCUT2D eigenvalue weighted by atomic mass is 35.5. The number of benzene rings is 2. The molecule has 1 aromatic heterocycles. The van der Waals surface area contributed by atoms with E-state index in [2.05, 4.69) is 0 Å². The molecule has 0 atom stereocenters. The standard InChI is InChI=1S/C21H11Cl3N2O5S/c22-12-2-1-11(17(24)7-12)10-25-20(27)19(32-21(25)28)9-14-4-6-18(31-14)15-8-13(26(29)30)3-5-16(15)23/h1-9H,10H2/b19-9+. The second-order valence-electron chi connectivity index (χ2n) is 6.63. The molecule has 0 radical (unpaired) electrons. The minimum absolute atomic E-state index is 0.00467. The monoisotopic (exact) mass is 508 g/mol. The second kappa shape index (κ2) is 8.99. The van der Waals surface area contributed by atoms with E-state index < -0.39 is 16.1 Å². The maximum Gasteiger partial charge on any atom is 0.293 e. The summed E-state index contributed by atoms with van der Waals surface area (Å²) in [7, 11) is 0. The molecule has 0 unspecified atom stereocenters. The maximum absolute atomic E-state index is 12.8. The van der Waals surface area contributed by atoms with E-state index in [1.54, 1.807) is 24.3 Å². The van der Waals surface area contributed by atoms with Crippen molar-refractivity contribution in [1.82, 2.24) is 4.90 Å². The lowest BCUT2D eigenvalue weighted by Gasteiger charge is -2.13. The Morgan fingerprint density at radius 2 is 1.81 bits per heavy atom. The van der Waals surface area contributed by atoms with Crippen LogP contribution in [0.5, 0.6) is 0 Å². The summed E-state index contributed by atoms with van der Waals surface area (Å²) in [5.41, 5.74) is 0.788. The van der Waals surface area contributed by atoms with E-state index in [1.165, 1.54) is 30.3 Å². The van der Waals surface area contributed by atoms with E-state index in [-0.39, 0.29) is 33.7 Å². The second-order valence-corrected chi connectivity index (χ2v) is 8.87. The first-order chi connectivity index (χ1) is 15.2. The Bertz CT molecular complexity index is 1300. The number of hydrogen-bond acceptors (Lipinski definition) is 6. The third-order valence-electron chi connectivity index (χ3n) is 4.54. The number of hydrogen-bond donors (Lipinski definition) is 0. The van der Waals surface area contributed by atoms with Crippen molar-refractivity contribution in [2.45, 2.75) is 6.54 Å². The van der Waals surface area contributed by atoms with Crippen molar-refractivity contribution in [1.29, 1.82) is 0 Å². The van der Waals surface area contributed by atoms with Crippen LogP contribution in [-0.2, 0) is 11.3 Å². The van der Waals surface area contributed by atoms with Crippen molar-refractivity contribution in [2.75, 3.05) is 0 Å². The minimum atomic E-state index is -0.535. The number of halogens is 3. The lowest BCUT2D eigenvalue weighted by Crippen LogP contribution is -2.27. The van der Waals surface area contributed by atoms with Crippen LogP contribution < -0.4 is 0 Å². The smallest absolute Gasteiger partial charge is 0.293 e. The lowest BCUT2D eigenvalue weighted by atomic mass is 10.1. The van der Waals surface area contributed by atoms with Crippen molar-refractivity contribution >= 4 is 69.5 Å². The number of furan rings is 1. The SMILES string of the molecule is O=C1S/C(=C/c2ccc(-c3cc([N+](=O)[O-])ccc3Cl)o2)C(=O)N1Cc1ccc(Cl)cc1Cl. The molecule has 0 bridgehead atoms. The van der Waals surface area contributed by atoms with E-state index >= 15 is 0 Å². The molecule has 1 fully saturated rings. The maximum atomic E-state index is 12.8. The van der Waals surface area contributed by atoms with Gasteiger partial charge in [-0.05, 0) is 47.7 Å². The number of imide groups is 1. The van der Waals surface area contributed by atoms with Crippen molar-refractivity contribution in [3.63, 3.8) is 0 Å². The highest BCUT2D eigenvalue weighted by molar-refractivity contribution is 8.18. The number of nitro benzene ring substituents is 1. The molecule has 0 saturated carbocycles. The van der Waals surface area contributed by atoms with Gasteiger partial charge in [-0.15, -0.1) is 0 Å². The molecule has 7 nitrogen and oxygen atoms in total. The number of nitro groups is 1. The number of thioether (sulfide) groups is 1. The van der Waals surface area contributed by atoms with Crippen molar-refractivity contribution in [3.8, 4) is 11.3 Å². The zero-order valence-corrected chi connectivity index (χ0v) is 19.0. The average molecular weight is 510 g/mol. The normalized spacial score (nSPS) is 15.1. The zero-order chi connectivity index (χ0) is 23.0. The summed E-state index contributed by atoms with van der Waals surface area (Å²) in [6, 6.07) is 12.0. The Labute approximate surface area is 200 Å². The molecule has 4 rings (SSSR count). The fourth-order valence-corrected chi connectivity index (χ4v) is 4.47. The number of rotatable bonds is 5. The van der Waals surface area contributed by atoms with Gasteiger partial charge in [-0.1, -0.05) is 40.9 Å². The van der Waals surface area contributed by atoms with E-state index in [4.69, 9.17) is 39.2 Å². The number of carbonyl (C=O) groups is 2. The number of carbonyl (C=O) groups excluding carboxylic acids is 2. The number of non-ortho nitro benzene ring substituents is 1. The summed E-state index contributed by atoms with van der Waals surface area (Å²) in [4.78, 5) is 36.9. The van der Waals surface area contributed by atoms with Gasteiger partial charge < -0.3 is 4.42 Å². The lowest BCUT2D eigenvalue weighted by molar-refractivity contribution is -0.384. The molecule has 1 aliphatic heterocycles. The summed E-state index contributed by atoms with van der Waals surface area (Å²) in [6.07, 6.45) is 1.43. The molecule has 2 amide bonds. The highest BCUT2D eigenvalue weighted by Gasteiger charge is 2.35. The average Bonchev–Trinajstić information content (AvgIpc) is 3.30. The summed E-state index contributed by atoms with van der Waals surface area (Å²) in [5, 5.41) is 11.7. The first kappa shape index (κ1) is 22.4. The zero-order valence-electron chi connectivity index (χ0n) is 15.9. The van der Waals surface area contributed by atoms with Crippen LogP contribution in [-0.4, -0.2) is 21.0 Å². The fourth-order valence-electron chi connectivity index (χ4n) is 2.98. The molecule has 32 heavy (non-hydrogen) atoms. The van der Waals surface area contributed by atoms with Gasteiger partial charge >= 0.3 is 0 Å². The Kier molecular flexibility index (Phi) is 6.30. The molecule has 0 spiro atoms. The summed E-state index contributed by atoms with van der Waals surface area (Å²) >= 11 is 19.0. The number of amides is 2. The van der Waals surface area contributed by atoms with Crippen LogP contribution in [0.2, 0.25) is 15.1 Å². The topological polar surface area (TPSA) is 93.7 Å². The fraction of sp³-hybridized carbons (Fsp3) is 0.0476. The van der Waals surface area contributed by atoms with Gasteiger partial charge in [-0.3, -0.25) is 24.6 Å². The molecule has 11 heteroatoms. The van der Waals surface area contributed by atoms with E-state index in [0.29, 0.717) is 21.2 Å². The molecule has 162 valence electrons. The van der Waals surface area contributed by atoms with Crippen molar-refractivity contribution < 1.29 is 18.9 Å². The molecule has 3 aromatic rings. The van der Waals surface area contributed by atoms with Crippen molar-refractivity contribution in [2.24, 2.45) is 0 Å². The van der Waals surface area contributed by atoms with Gasteiger partial charge in [0.05, 0.1) is 21.4 Å². The largest absolute Gasteiger partial charge is 0.457 e. The van der Waals surface area contributed by atoms with Crippen LogP contribution in [0.4, 0.5) is 10.5 Å². The molecule has 1 aliphatic rings. The third-order valence-corrected chi connectivity index (χ3v) is 6.37. The molecular weight excluding hydrogens is 499 g/mol. The van der Waals surface area contributed by atoms with Crippen LogP contribution in [0.3, 0.4) is 0 Å². The van der Waals surface area contributed by atoms with Gasteiger partial charge in [0, 0.05) is 33.8 Å². The Morgan fingerprint density at radius 3 is 2.53 bits per heavy atom. The summed E-state index contributed by atoms with van der Waals surface area (Å²) in [6.45, 7) is 0.00467. The van der Waals surface area contributed by atoms with Gasteiger partial charge in [0.15, 0.2) is 0 Å². The minimum Gasteiger partial charge on any atom is -0.457 e. The Balaban J connectivity index is 1.57. The summed E-state index contributed by atoms with van der Waals surface area (Å²) in [5.74, 6) is 0.0899. The van der Waals surface area contributed by atoms with E-state index in [1.807, 2.05) is 0 Å². The first-order valence-electron chi connectivity index (χ1n) is 8.96. The first-order valence-corrected chi connectivity index (χ1v) is 10.9. The van der Waals surface area contributed by atoms with Crippen LogP contribution >= 0.6 is 46.6 Å². The summed E-state index contributed by atoms with van der Waals surface area (Å²) < 4.78 is 5.70. The van der Waals surface area contributed by atoms with Crippen LogP contribution in [0.1, 0.15) is 11.3 Å². The van der Waals surface area contributed by atoms with E-state index in [0.717, 1.165) is 16.7 Å². The predicted molar refractivity (Wildman–Crippen MR) is 124 cm³/mol. The van der Waals surface area contributed by atoms with Gasteiger partial charge in [0.2, 0.25) is 0 Å². The predicted octanol–water partition coefficient (Wildman–Crippen LogP) is 7.05. The van der Waals surface area contributed by atoms with Gasteiger partial charge in [-0.25, -0.2) is 0 Å². The van der Waals surface area contributed by atoms with Crippen LogP contribution in [0.25, 0.3) is 17.4 Å². The molecule has 1 saturated heterocycles. The third kappa shape index (κ3) is 4.54. The molecular formula is C21H11Cl3N2O5S. The van der Waals surface area contributed by atoms with Crippen LogP contribution in [0, 0.1) is 10.1 Å². The molecule has 2 aromatic carbocycles. The molecule has 0 N–H and O–H groups in total.